The van der Waals surface area contributed by atoms with Crippen molar-refractivity contribution in [2.45, 2.75) is 134 Å². The Balaban J connectivity index is 1.11. The number of non-ortho nitro benzene ring substituents is 1. The van der Waals surface area contributed by atoms with Crippen LogP contribution in [-0.2, 0) is 24.0 Å². The molecule has 68 heavy (non-hydrogen) atoms. The molecule has 4 rings (SSSR count). The maximum absolute atomic E-state index is 13.2. The Morgan fingerprint density at radius 2 is 1.46 bits per heavy atom. The van der Waals surface area contributed by atoms with Crippen LogP contribution in [0.5, 0.6) is 11.8 Å². The average molecular weight is 975 g/mol. The molecule has 2 saturated heterocycles. The van der Waals surface area contributed by atoms with E-state index in [2.05, 4.69) is 26.6 Å². The first-order chi connectivity index (χ1) is 32.6. The van der Waals surface area contributed by atoms with Gasteiger partial charge in [-0.15, -0.1) is 4.73 Å². The monoisotopic (exact) mass is 974 g/mol. The topological polar surface area (TPSA) is 310 Å². The van der Waals surface area contributed by atoms with Crippen molar-refractivity contribution in [2.75, 3.05) is 49.9 Å². The number of unbranched alkanes of at least 4 members (excludes halogenated alkanes) is 4. The number of nitro groups is 2. The lowest BCUT2D eigenvalue weighted by molar-refractivity contribution is -0.393. The van der Waals surface area contributed by atoms with Crippen molar-refractivity contribution in [1.29, 1.82) is 0 Å². The Morgan fingerprint density at radius 1 is 0.809 bits per heavy atom. The van der Waals surface area contributed by atoms with Crippen molar-refractivity contribution in [3.8, 4) is 11.8 Å². The minimum atomic E-state index is -1.17. The van der Waals surface area contributed by atoms with E-state index in [9.17, 15) is 59.2 Å². The van der Waals surface area contributed by atoms with E-state index < -0.39 is 50.9 Å². The Hall–Kier alpha value is -6.33. The SMILES string of the molecule is CCN(CCCC(=O)NC(CCCCNC(=O)CCCCCNC(=O)CCCCC1SC[C@@H]2NC(=O)N[C@H]12)C(=O)On1c(O)ccc1O)C(=O)CCCN(CC)c1ccc([N+](=O)[O-])cc1[N+](=O)[O-]. The second-order valence-electron chi connectivity index (χ2n) is 16.7. The van der Waals surface area contributed by atoms with Gasteiger partial charge >= 0.3 is 12.0 Å². The minimum Gasteiger partial charge on any atom is -0.492 e. The second-order valence-corrected chi connectivity index (χ2v) is 18.0. The van der Waals surface area contributed by atoms with E-state index in [0.29, 0.717) is 74.7 Å². The summed E-state index contributed by atoms with van der Waals surface area (Å²) in [5.41, 5.74) is -0.599. The summed E-state index contributed by atoms with van der Waals surface area (Å²) in [6, 6.07) is 4.76. The molecule has 23 nitrogen and oxygen atoms in total. The molecule has 6 amide bonds. The highest BCUT2D eigenvalue weighted by Crippen LogP contribution is 2.34. The Labute approximate surface area is 399 Å². The van der Waals surface area contributed by atoms with Gasteiger partial charge in [0, 0.05) is 94.2 Å². The van der Waals surface area contributed by atoms with Crippen molar-refractivity contribution in [3.63, 3.8) is 0 Å². The fourth-order valence-electron chi connectivity index (χ4n) is 8.09. The van der Waals surface area contributed by atoms with E-state index in [1.165, 1.54) is 12.1 Å². The number of nitro benzene ring substituents is 2. The molecule has 2 fully saturated rings. The largest absolute Gasteiger partial charge is 0.492 e. The number of anilines is 1. The molecule has 3 heterocycles. The molecule has 376 valence electrons. The third kappa shape index (κ3) is 17.4. The van der Waals surface area contributed by atoms with Crippen LogP contribution in [0.1, 0.15) is 110 Å². The summed E-state index contributed by atoms with van der Waals surface area (Å²) in [5, 5.41) is 57.5. The van der Waals surface area contributed by atoms with Gasteiger partial charge in [-0.05, 0) is 77.7 Å². The summed E-state index contributed by atoms with van der Waals surface area (Å²) in [4.78, 5) is 105. The molecule has 0 spiro atoms. The zero-order chi connectivity index (χ0) is 49.6. The predicted molar refractivity (Wildman–Crippen MR) is 252 cm³/mol. The van der Waals surface area contributed by atoms with Crippen LogP contribution in [-0.4, -0.2) is 134 Å². The number of carbonyl (C=O) groups is 6. The van der Waals surface area contributed by atoms with Crippen molar-refractivity contribution in [3.05, 3.63) is 50.6 Å². The minimum absolute atomic E-state index is 0.00704. The number of nitrogens with zero attached hydrogens (tertiary/aromatic N) is 5. The number of thioether (sulfide) groups is 1. The smallest absolute Gasteiger partial charge is 0.355 e. The maximum atomic E-state index is 13.2. The van der Waals surface area contributed by atoms with E-state index in [1.807, 2.05) is 11.8 Å². The van der Waals surface area contributed by atoms with Gasteiger partial charge in [0.2, 0.25) is 35.4 Å². The number of urea groups is 1. The van der Waals surface area contributed by atoms with Gasteiger partial charge in [0.25, 0.3) is 11.4 Å². The van der Waals surface area contributed by atoms with Crippen LogP contribution in [0.4, 0.5) is 21.9 Å². The highest BCUT2D eigenvalue weighted by molar-refractivity contribution is 8.00. The van der Waals surface area contributed by atoms with E-state index in [-0.39, 0.29) is 80.3 Å². The molecule has 4 atom stereocenters. The van der Waals surface area contributed by atoms with Gasteiger partial charge in [0.1, 0.15) is 11.7 Å². The fourth-order valence-corrected chi connectivity index (χ4v) is 9.63. The summed E-state index contributed by atoms with van der Waals surface area (Å²) in [6.45, 7) is 5.64. The van der Waals surface area contributed by atoms with Gasteiger partial charge in [-0.3, -0.25) is 39.4 Å². The number of fused-ring (bicyclic) bond motifs is 1. The third-order valence-electron chi connectivity index (χ3n) is 11.8. The Bertz CT molecular complexity index is 2040. The molecule has 0 bridgehead atoms. The zero-order valence-electron chi connectivity index (χ0n) is 38.8. The Morgan fingerprint density at radius 3 is 2.10 bits per heavy atom. The van der Waals surface area contributed by atoms with Gasteiger partial charge in [-0.1, -0.05) is 12.8 Å². The second kappa shape index (κ2) is 28.1. The summed E-state index contributed by atoms with van der Waals surface area (Å²) in [6.07, 6.45) is 7.22. The lowest BCUT2D eigenvalue weighted by Crippen LogP contribution is -2.45. The first kappa shape index (κ1) is 54.3. The number of nitrogens with one attached hydrogen (secondary N) is 5. The first-order valence-electron chi connectivity index (χ1n) is 23.4. The molecule has 24 heteroatoms. The van der Waals surface area contributed by atoms with Gasteiger partial charge in [0.15, 0.2) is 0 Å². The van der Waals surface area contributed by atoms with Gasteiger partial charge in [0.05, 0.1) is 28.0 Å². The van der Waals surface area contributed by atoms with Crippen LogP contribution in [0.2, 0.25) is 0 Å². The number of aromatic hydroxyl groups is 2. The average Bonchev–Trinajstić information content (AvgIpc) is 3.97. The molecule has 1 aromatic carbocycles. The van der Waals surface area contributed by atoms with Gasteiger partial charge < -0.3 is 51.4 Å². The van der Waals surface area contributed by atoms with Crippen LogP contribution in [0, 0.1) is 20.2 Å². The van der Waals surface area contributed by atoms with E-state index >= 15 is 0 Å². The van der Waals surface area contributed by atoms with Crippen LogP contribution < -0.4 is 36.3 Å². The van der Waals surface area contributed by atoms with Crippen LogP contribution in [0.3, 0.4) is 0 Å². The number of amides is 6. The number of hydrogen-bond acceptors (Lipinski definition) is 15. The number of aromatic nitrogens is 1. The van der Waals surface area contributed by atoms with Crippen LogP contribution >= 0.6 is 11.8 Å². The number of hydrogen-bond donors (Lipinski definition) is 7. The molecule has 2 unspecified atom stereocenters. The van der Waals surface area contributed by atoms with Crippen LogP contribution in [0.15, 0.2) is 30.3 Å². The highest BCUT2D eigenvalue weighted by atomic mass is 32.2. The highest BCUT2D eigenvalue weighted by Gasteiger charge is 2.42. The number of carbonyl (C=O) groups excluding carboxylic acids is 6. The lowest BCUT2D eigenvalue weighted by Gasteiger charge is -2.24. The van der Waals surface area contributed by atoms with Crippen molar-refractivity contribution < 1.29 is 53.7 Å². The molecule has 1 aromatic heterocycles. The number of benzene rings is 1. The van der Waals surface area contributed by atoms with E-state index in [1.54, 1.807) is 23.6 Å². The van der Waals surface area contributed by atoms with E-state index in [0.717, 1.165) is 56.1 Å². The molecule has 0 radical (unpaired) electrons. The molecule has 0 saturated carbocycles. The third-order valence-corrected chi connectivity index (χ3v) is 13.3. The van der Waals surface area contributed by atoms with Crippen LogP contribution in [0.25, 0.3) is 0 Å². The first-order valence-corrected chi connectivity index (χ1v) is 24.4. The van der Waals surface area contributed by atoms with Gasteiger partial charge in [-0.2, -0.15) is 11.8 Å². The fraction of sp³-hybridized carbons (Fsp3) is 0.636. The molecule has 0 aliphatic carbocycles. The maximum Gasteiger partial charge on any atom is 0.355 e. The van der Waals surface area contributed by atoms with Crippen molar-refractivity contribution >= 4 is 64.5 Å². The molecular weight excluding hydrogens is 909 g/mol. The molecule has 2 aliphatic heterocycles. The van der Waals surface area contributed by atoms with Crippen molar-refractivity contribution in [1.82, 2.24) is 36.2 Å². The summed E-state index contributed by atoms with van der Waals surface area (Å²) < 4.78 is 0.525. The van der Waals surface area contributed by atoms with Gasteiger partial charge in [-0.25, -0.2) is 9.59 Å². The number of rotatable bonds is 32. The van der Waals surface area contributed by atoms with Crippen molar-refractivity contribution in [2.24, 2.45) is 0 Å². The predicted octanol–water partition coefficient (Wildman–Crippen LogP) is 3.78. The van der Waals surface area contributed by atoms with E-state index in [4.69, 9.17) is 4.84 Å². The lowest BCUT2D eigenvalue weighted by atomic mass is 10.0. The molecule has 2 aliphatic rings. The molecule has 2 aromatic rings. The standard InChI is InChI=1S/C44H66N10O13S/c1-3-50(33-21-20-30(53(63)64)28-34(33)54(65)66)26-13-19-39(58)51(4-2)27-12-18-38(57)47-31(43(61)67-52-40(59)22-23-41(52)60)14-9-11-25-46-36(55)16-6-5-10-24-45-37(56)17-8-7-15-35-42-32(29-68-35)48-44(62)49-42/h20-23,28,31-32,35,42,59-60H,3-19,24-27,29H2,1-2H3,(H,45,56)(H,46,55)(H,47,57)(H2,48,49,62)/t31?,32-,35?,42-/m0/s1. The zero-order valence-corrected chi connectivity index (χ0v) is 39.6. The molecular formula is C44H66N10O13S. The Kier molecular flexibility index (Phi) is 22.4. The summed E-state index contributed by atoms with van der Waals surface area (Å²) in [7, 11) is 0. The summed E-state index contributed by atoms with van der Waals surface area (Å²) >= 11 is 1.86. The summed E-state index contributed by atoms with van der Waals surface area (Å²) in [5.74, 6) is -1.92. The quantitative estimate of drug-likeness (QED) is 0.0238. The normalized spacial score (nSPS) is 16.4. The molecule has 7 N–H and O–H groups in total.